The SMILES string of the molecule is O=C(Nc1cccc(C(=O)NC2CC2)c1)c1cccc(Cl)c1. The third-order valence-electron chi connectivity index (χ3n) is 3.38. The van der Waals surface area contributed by atoms with E-state index in [0.717, 1.165) is 12.8 Å². The molecule has 0 atom stereocenters. The molecule has 0 heterocycles. The number of nitrogens with one attached hydrogen (secondary N) is 2. The molecule has 4 nitrogen and oxygen atoms in total. The zero-order valence-electron chi connectivity index (χ0n) is 11.8. The fourth-order valence-electron chi connectivity index (χ4n) is 2.07. The molecule has 22 heavy (non-hydrogen) atoms. The number of carbonyl (C=O) groups excluding carboxylic acids is 2. The van der Waals surface area contributed by atoms with E-state index in [1.54, 1.807) is 48.5 Å². The Balaban J connectivity index is 1.72. The fourth-order valence-corrected chi connectivity index (χ4v) is 2.26. The van der Waals surface area contributed by atoms with Gasteiger partial charge in [0.05, 0.1) is 0 Å². The number of halogens is 1. The largest absolute Gasteiger partial charge is 0.349 e. The number of hydrogen-bond donors (Lipinski definition) is 2. The first-order chi connectivity index (χ1) is 10.6. The van der Waals surface area contributed by atoms with E-state index in [9.17, 15) is 9.59 Å². The lowest BCUT2D eigenvalue weighted by Gasteiger charge is -2.08. The first-order valence-corrected chi connectivity index (χ1v) is 7.47. The van der Waals surface area contributed by atoms with E-state index in [0.29, 0.717) is 27.9 Å². The summed E-state index contributed by atoms with van der Waals surface area (Å²) in [5.41, 5.74) is 1.59. The molecular weight excluding hydrogens is 300 g/mol. The van der Waals surface area contributed by atoms with E-state index in [1.165, 1.54) is 0 Å². The second kappa shape index (κ2) is 6.20. The quantitative estimate of drug-likeness (QED) is 0.907. The lowest BCUT2D eigenvalue weighted by molar-refractivity contribution is 0.0949. The van der Waals surface area contributed by atoms with Crippen molar-refractivity contribution in [3.05, 3.63) is 64.7 Å². The predicted molar refractivity (Wildman–Crippen MR) is 86.3 cm³/mol. The third-order valence-corrected chi connectivity index (χ3v) is 3.62. The van der Waals surface area contributed by atoms with Gasteiger partial charge in [0.15, 0.2) is 0 Å². The first kappa shape index (κ1) is 14.6. The Labute approximate surface area is 133 Å². The standard InChI is InChI=1S/C17H15ClN2O2/c18-13-5-1-3-11(9-13)16(21)20-15-6-2-4-12(10-15)17(22)19-14-7-8-14/h1-6,9-10,14H,7-8H2,(H,19,22)(H,20,21). The van der Waals surface area contributed by atoms with Gasteiger partial charge in [-0.1, -0.05) is 23.7 Å². The summed E-state index contributed by atoms with van der Waals surface area (Å²) < 4.78 is 0. The Morgan fingerprint density at radius 3 is 2.32 bits per heavy atom. The molecule has 0 radical (unpaired) electrons. The van der Waals surface area contributed by atoms with E-state index >= 15 is 0 Å². The fraction of sp³-hybridized carbons (Fsp3) is 0.176. The summed E-state index contributed by atoms with van der Waals surface area (Å²) in [6.07, 6.45) is 2.08. The average molecular weight is 315 g/mol. The minimum atomic E-state index is -0.262. The summed E-state index contributed by atoms with van der Waals surface area (Å²) in [6.45, 7) is 0. The van der Waals surface area contributed by atoms with Crippen LogP contribution in [0.2, 0.25) is 5.02 Å². The molecule has 0 bridgehead atoms. The van der Waals surface area contributed by atoms with Gasteiger partial charge < -0.3 is 10.6 Å². The van der Waals surface area contributed by atoms with Crippen LogP contribution in [0.25, 0.3) is 0 Å². The average Bonchev–Trinajstić information content (AvgIpc) is 3.31. The molecule has 1 fully saturated rings. The summed E-state index contributed by atoms with van der Waals surface area (Å²) in [5, 5.41) is 6.20. The Bertz CT molecular complexity index is 726. The van der Waals surface area contributed by atoms with Gasteiger partial charge in [-0.3, -0.25) is 9.59 Å². The second-order valence-corrected chi connectivity index (χ2v) is 5.73. The van der Waals surface area contributed by atoms with Gasteiger partial charge in [0, 0.05) is 27.9 Å². The highest BCUT2D eigenvalue weighted by atomic mass is 35.5. The van der Waals surface area contributed by atoms with Crippen molar-refractivity contribution in [3.8, 4) is 0 Å². The number of hydrogen-bond acceptors (Lipinski definition) is 2. The minimum Gasteiger partial charge on any atom is -0.349 e. The van der Waals surface area contributed by atoms with Gasteiger partial charge >= 0.3 is 0 Å². The molecule has 0 saturated heterocycles. The molecule has 2 aromatic carbocycles. The van der Waals surface area contributed by atoms with Gasteiger partial charge in [-0.2, -0.15) is 0 Å². The maximum Gasteiger partial charge on any atom is 0.255 e. The van der Waals surface area contributed by atoms with Crippen molar-refractivity contribution >= 4 is 29.1 Å². The summed E-state index contributed by atoms with van der Waals surface area (Å²) in [6, 6.07) is 13.9. The van der Waals surface area contributed by atoms with Crippen LogP contribution in [0.4, 0.5) is 5.69 Å². The molecule has 112 valence electrons. The van der Waals surface area contributed by atoms with Crippen LogP contribution in [0.3, 0.4) is 0 Å². The number of anilines is 1. The van der Waals surface area contributed by atoms with Crippen LogP contribution in [0.1, 0.15) is 33.6 Å². The van der Waals surface area contributed by atoms with Crippen molar-refractivity contribution in [2.45, 2.75) is 18.9 Å². The Morgan fingerprint density at radius 2 is 1.64 bits per heavy atom. The summed E-state index contributed by atoms with van der Waals surface area (Å²) in [5.74, 6) is -0.372. The normalized spacial score (nSPS) is 13.5. The molecule has 2 amide bonds. The van der Waals surface area contributed by atoms with Gasteiger partial charge in [0.25, 0.3) is 11.8 Å². The smallest absolute Gasteiger partial charge is 0.255 e. The van der Waals surface area contributed by atoms with Crippen LogP contribution in [-0.4, -0.2) is 17.9 Å². The molecule has 2 N–H and O–H groups in total. The zero-order chi connectivity index (χ0) is 15.5. The summed E-state index contributed by atoms with van der Waals surface area (Å²) in [4.78, 5) is 24.2. The maximum absolute atomic E-state index is 12.2. The first-order valence-electron chi connectivity index (χ1n) is 7.10. The van der Waals surface area contributed by atoms with Crippen molar-refractivity contribution in [1.29, 1.82) is 0 Å². The molecule has 0 aromatic heterocycles. The molecular formula is C17H15ClN2O2. The Morgan fingerprint density at radius 1 is 0.955 bits per heavy atom. The molecule has 1 aliphatic carbocycles. The van der Waals surface area contributed by atoms with E-state index in [-0.39, 0.29) is 11.8 Å². The second-order valence-electron chi connectivity index (χ2n) is 5.29. The Hall–Kier alpha value is -2.33. The van der Waals surface area contributed by atoms with Crippen LogP contribution in [-0.2, 0) is 0 Å². The molecule has 0 spiro atoms. The van der Waals surface area contributed by atoms with Crippen LogP contribution in [0.15, 0.2) is 48.5 Å². The van der Waals surface area contributed by atoms with E-state index < -0.39 is 0 Å². The minimum absolute atomic E-state index is 0.110. The van der Waals surface area contributed by atoms with Gasteiger partial charge in [-0.15, -0.1) is 0 Å². The van der Waals surface area contributed by atoms with Crippen molar-refractivity contribution < 1.29 is 9.59 Å². The number of amides is 2. The predicted octanol–water partition coefficient (Wildman–Crippen LogP) is 3.48. The van der Waals surface area contributed by atoms with E-state index in [2.05, 4.69) is 10.6 Å². The number of benzene rings is 2. The van der Waals surface area contributed by atoms with E-state index in [1.807, 2.05) is 0 Å². The van der Waals surface area contributed by atoms with Crippen LogP contribution in [0, 0.1) is 0 Å². The van der Waals surface area contributed by atoms with Crippen LogP contribution in [0.5, 0.6) is 0 Å². The highest BCUT2D eigenvalue weighted by molar-refractivity contribution is 6.31. The zero-order valence-corrected chi connectivity index (χ0v) is 12.6. The number of rotatable bonds is 4. The van der Waals surface area contributed by atoms with Crippen molar-refractivity contribution in [3.63, 3.8) is 0 Å². The number of carbonyl (C=O) groups is 2. The lowest BCUT2D eigenvalue weighted by Crippen LogP contribution is -2.25. The van der Waals surface area contributed by atoms with E-state index in [4.69, 9.17) is 11.6 Å². The van der Waals surface area contributed by atoms with Gasteiger partial charge in [-0.25, -0.2) is 0 Å². The lowest BCUT2D eigenvalue weighted by atomic mass is 10.1. The molecule has 0 aliphatic heterocycles. The van der Waals surface area contributed by atoms with Gasteiger partial charge in [0.2, 0.25) is 0 Å². The van der Waals surface area contributed by atoms with Crippen molar-refractivity contribution in [1.82, 2.24) is 5.32 Å². The highest BCUT2D eigenvalue weighted by Crippen LogP contribution is 2.20. The molecule has 3 rings (SSSR count). The maximum atomic E-state index is 12.2. The van der Waals surface area contributed by atoms with Crippen LogP contribution >= 0.6 is 11.6 Å². The topological polar surface area (TPSA) is 58.2 Å². The van der Waals surface area contributed by atoms with Crippen molar-refractivity contribution in [2.24, 2.45) is 0 Å². The highest BCUT2D eigenvalue weighted by Gasteiger charge is 2.23. The molecule has 0 unspecified atom stereocenters. The molecule has 1 saturated carbocycles. The monoisotopic (exact) mass is 314 g/mol. The van der Waals surface area contributed by atoms with Crippen LogP contribution < -0.4 is 10.6 Å². The molecule has 5 heteroatoms. The van der Waals surface area contributed by atoms with Gasteiger partial charge in [0.1, 0.15) is 0 Å². The molecule has 1 aliphatic rings. The van der Waals surface area contributed by atoms with Gasteiger partial charge in [-0.05, 0) is 49.2 Å². The summed E-state index contributed by atoms with van der Waals surface area (Å²) in [7, 11) is 0. The molecule has 2 aromatic rings. The third kappa shape index (κ3) is 3.65. The summed E-state index contributed by atoms with van der Waals surface area (Å²) >= 11 is 5.88. The Kier molecular flexibility index (Phi) is 4.11. The van der Waals surface area contributed by atoms with Crippen molar-refractivity contribution in [2.75, 3.05) is 5.32 Å².